The zero-order valence-electron chi connectivity index (χ0n) is 13.4. The zero-order chi connectivity index (χ0) is 17.0. The molecular formula is C18H13N5O2. The molecule has 4 aromatic rings. The maximum atomic E-state index is 11.9. The average molecular weight is 331 g/mol. The first-order valence-electron chi connectivity index (χ1n) is 8.01. The number of rotatable bonds is 2. The lowest BCUT2D eigenvalue weighted by Gasteiger charge is -2.02. The third kappa shape index (κ3) is 2.16. The van der Waals surface area contributed by atoms with Crippen molar-refractivity contribution in [3.63, 3.8) is 0 Å². The van der Waals surface area contributed by atoms with Gasteiger partial charge in [0.05, 0.1) is 11.9 Å². The number of hydrogen-bond acceptors (Lipinski definition) is 6. The number of ketones is 1. The molecule has 0 fully saturated rings. The number of carbonyl (C=O) groups is 1. The van der Waals surface area contributed by atoms with Gasteiger partial charge in [-0.25, -0.2) is 9.50 Å². The first-order valence-corrected chi connectivity index (χ1v) is 8.01. The molecule has 0 saturated heterocycles. The predicted molar refractivity (Wildman–Crippen MR) is 89.1 cm³/mol. The highest BCUT2D eigenvalue weighted by molar-refractivity contribution is 6.02. The number of fused-ring (bicyclic) bond motifs is 2. The van der Waals surface area contributed by atoms with E-state index in [4.69, 9.17) is 4.52 Å². The first kappa shape index (κ1) is 14.0. The maximum Gasteiger partial charge on any atom is 0.278 e. The molecule has 0 radical (unpaired) electrons. The average Bonchev–Trinajstić information content (AvgIpc) is 3.32. The van der Waals surface area contributed by atoms with E-state index in [-0.39, 0.29) is 5.78 Å². The Morgan fingerprint density at radius 1 is 1.08 bits per heavy atom. The van der Waals surface area contributed by atoms with Crippen molar-refractivity contribution in [3.8, 4) is 23.0 Å². The second-order valence-corrected chi connectivity index (χ2v) is 6.08. The van der Waals surface area contributed by atoms with Gasteiger partial charge < -0.3 is 4.52 Å². The molecule has 25 heavy (non-hydrogen) atoms. The minimum Gasteiger partial charge on any atom is -0.332 e. The topological polar surface area (TPSA) is 86.2 Å². The van der Waals surface area contributed by atoms with Crippen LogP contribution in [0.15, 0.2) is 41.1 Å². The number of nitrogens with zero attached hydrogens (tertiary/aromatic N) is 5. The van der Waals surface area contributed by atoms with Gasteiger partial charge in [-0.05, 0) is 31.0 Å². The summed E-state index contributed by atoms with van der Waals surface area (Å²) in [5, 5.41) is 8.46. The molecule has 0 N–H and O–H groups in total. The smallest absolute Gasteiger partial charge is 0.278 e. The molecule has 7 heteroatoms. The highest BCUT2D eigenvalue weighted by Gasteiger charge is 2.24. The van der Waals surface area contributed by atoms with E-state index in [0.29, 0.717) is 35.9 Å². The van der Waals surface area contributed by atoms with E-state index in [1.54, 1.807) is 10.7 Å². The minimum atomic E-state index is 0.169. The molecule has 0 bridgehead atoms. The van der Waals surface area contributed by atoms with Gasteiger partial charge >= 0.3 is 0 Å². The van der Waals surface area contributed by atoms with Crippen LogP contribution < -0.4 is 0 Å². The van der Waals surface area contributed by atoms with Crippen molar-refractivity contribution in [1.82, 2.24) is 24.7 Å². The van der Waals surface area contributed by atoms with Crippen LogP contribution in [0.3, 0.4) is 0 Å². The number of aromatic nitrogens is 5. The largest absolute Gasteiger partial charge is 0.332 e. The Bertz CT molecular complexity index is 1140. The van der Waals surface area contributed by atoms with Crippen molar-refractivity contribution in [1.29, 1.82) is 0 Å². The molecule has 1 aromatic carbocycles. The zero-order valence-corrected chi connectivity index (χ0v) is 13.4. The summed E-state index contributed by atoms with van der Waals surface area (Å²) >= 11 is 0. The number of carbonyl (C=O) groups excluding carboxylic acids is 1. The Morgan fingerprint density at radius 2 is 1.96 bits per heavy atom. The van der Waals surface area contributed by atoms with Crippen LogP contribution in [0.4, 0.5) is 0 Å². The van der Waals surface area contributed by atoms with Crippen LogP contribution >= 0.6 is 0 Å². The van der Waals surface area contributed by atoms with Crippen LogP contribution in [0.5, 0.6) is 0 Å². The molecule has 1 aliphatic carbocycles. The summed E-state index contributed by atoms with van der Waals surface area (Å²) in [4.78, 5) is 20.9. The van der Waals surface area contributed by atoms with Crippen molar-refractivity contribution < 1.29 is 9.32 Å². The molecule has 0 saturated carbocycles. The summed E-state index contributed by atoms with van der Waals surface area (Å²) < 4.78 is 7.09. The molecule has 0 spiro atoms. The van der Waals surface area contributed by atoms with Crippen LogP contribution in [0.1, 0.15) is 28.0 Å². The van der Waals surface area contributed by atoms with Crippen LogP contribution in [0.25, 0.3) is 28.6 Å². The lowest BCUT2D eigenvalue weighted by atomic mass is 10.0. The van der Waals surface area contributed by atoms with E-state index in [2.05, 4.69) is 20.2 Å². The van der Waals surface area contributed by atoms with E-state index in [0.717, 1.165) is 22.4 Å². The Hall–Kier alpha value is -3.35. The quantitative estimate of drug-likeness (QED) is 0.561. The molecule has 3 aromatic heterocycles. The lowest BCUT2D eigenvalue weighted by Crippen LogP contribution is -1.93. The molecule has 1 aliphatic rings. The minimum absolute atomic E-state index is 0.169. The standard InChI is InChI=1S/C18H13N5O2/c1-10-5-8-16-19-14(9-23(16)21-10)18-20-17(22-25-18)13-4-2-3-12-11(13)6-7-15(12)24/h2-5,8-9H,6-7H2,1H3. The molecule has 5 rings (SSSR count). The van der Waals surface area contributed by atoms with Gasteiger partial charge in [0, 0.05) is 17.5 Å². The molecule has 0 amide bonds. The Labute approximate surface area is 142 Å². The second-order valence-electron chi connectivity index (χ2n) is 6.08. The number of imidazole rings is 1. The van der Waals surface area contributed by atoms with Crippen molar-refractivity contribution in [2.75, 3.05) is 0 Å². The van der Waals surface area contributed by atoms with Crippen molar-refractivity contribution in [2.45, 2.75) is 19.8 Å². The summed E-state index contributed by atoms with van der Waals surface area (Å²) in [7, 11) is 0. The fourth-order valence-corrected chi connectivity index (χ4v) is 3.22. The Kier molecular flexibility index (Phi) is 2.85. The fraction of sp³-hybridized carbons (Fsp3) is 0.167. The molecule has 0 unspecified atom stereocenters. The Morgan fingerprint density at radius 3 is 2.88 bits per heavy atom. The summed E-state index contributed by atoms with van der Waals surface area (Å²) in [6.07, 6.45) is 3.01. The first-order chi connectivity index (χ1) is 12.2. The highest BCUT2D eigenvalue weighted by atomic mass is 16.5. The SMILES string of the molecule is Cc1ccc2nc(-c3nc(-c4cccc5c4CCC5=O)no3)cn2n1. The number of benzene rings is 1. The van der Waals surface area contributed by atoms with Crippen molar-refractivity contribution in [3.05, 3.63) is 53.3 Å². The van der Waals surface area contributed by atoms with Crippen LogP contribution in [0, 0.1) is 6.92 Å². The lowest BCUT2D eigenvalue weighted by molar-refractivity contribution is 0.0994. The third-order valence-corrected chi connectivity index (χ3v) is 4.42. The maximum absolute atomic E-state index is 11.9. The van der Waals surface area contributed by atoms with Gasteiger partial charge in [0.1, 0.15) is 5.69 Å². The van der Waals surface area contributed by atoms with Crippen LogP contribution in [0.2, 0.25) is 0 Å². The fourth-order valence-electron chi connectivity index (χ4n) is 3.22. The predicted octanol–water partition coefficient (Wildman–Crippen LogP) is 2.88. The van der Waals surface area contributed by atoms with E-state index < -0.39 is 0 Å². The molecule has 7 nitrogen and oxygen atoms in total. The molecule has 0 aliphatic heterocycles. The van der Waals surface area contributed by atoms with Gasteiger partial charge in [-0.3, -0.25) is 4.79 Å². The summed E-state index contributed by atoms with van der Waals surface area (Å²) in [5.41, 5.74) is 4.78. The van der Waals surface area contributed by atoms with Crippen molar-refractivity contribution in [2.24, 2.45) is 0 Å². The monoisotopic (exact) mass is 331 g/mol. The second kappa shape index (κ2) is 5.07. The molecule has 0 atom stereocenters. The Balaban J connectivity index is 1.59. The van der Waals surface area contributed by atoms with E-state index in [1.165, 1.54) is 0 Å². The molecule has 3 heterocycles. The van der Waals surface area contributed by atoms with E-state index >= 15 is 0 Å². The van der Waals surface area contributed by atoms with Gasteiger partial charge in [0.25, 0.3) is 5.89 Å². The van der Waals surface area contributed by atoms with Crippen molar-refractivity contribution >= 4 is 11.4 Å². The summed E-state index contributed by atoms with van der Waals surface area (Å²) in [5.74, 6) is 0.977. The van der Waals surface area contributed by atoms with Gasteiger partial charge in [0.15, 0.2) is 11.4 Å². The number of hydrogen-bond donors (Lipinski definition) is 0. The van der Waals surface area contributed by atoms with E-state index in [1.807, 2.05) is 37.3 Å². The van der Waals surface area contributed by atoms with Crippen LogP contribution in [-0.4, -0.2) is 30.5 Å². The normalized spacial score (nSPS) is 13.6. The van der Waals surface area contributed by atoms with Gasteiger partial charge in [-0.2, -0.15) is 10.1 Å². The van der Waals surface area contributed by atoms with Gasteiger partial charge in [-0.15, -0.1) is 0 Å². The van der Waals surface area contributed by atoms with Gasteiger partial charge in [-0.1, -0.05) is 23.4 Å². The number of Topliss-reactive ketones (excluding diaryl/α,β-unsaturated/α-hetero) is 1. The van der Waals surface area contributed by atoms with Crippen LogP contribution in [-0.2, 0) is 6.42 Å². The summed E-state index contributed by atoms with van der Waals surface area (Å²) in [6, 6.07) is 9.41. The molecular weight excluding hydrogens is 318 g/mol. The summed E-state index contributed by atoms with van der Waals surface area (Å²) in [6.45, 7) is 1.92. The van der Waals surface area contributed by atoms with E-state index in [9.17, 15) is 4.79 Å². The third-order valence-electron chi connectivity index (χ3n) is 4.42. The highest BCUT2D eigenvalue weighted by Crippen LogP contribution is 2.31. The molecule has 122 valence electrons. The number of aryl methyl sites for hydroxylation is 1. The van der Waals surface area contributed by atoms with Gasteiger partial charge in [0.2, 0.25) is 5.82 Å².